The zero-order valence-electron chi connectivity index (χ0n) is 9.32. The van der Waals surface area contributed by atoms with Crippen LogP contribution >= 0.6 is 11.6 Å². The number of rotatable bonds is 5. The van der Waals surface area contributed by atoms with Gasteiger partial charge < -0.3 is 19.4 Å². The standard InChI is InChI=1S/C11H10ClN3O3/c12-9-1-3-10(4-2-9)18-6-5-14-7-11(13-8-14)15(16)17/h1-4,7-8H,5-6H2. The van der Waals surface area contributed by atoms with E-state index >= 15 is 0 Å². The van der Waals surface area contributed by atoms with E-state index in [9.17, 15) is 10.1 Å². The molecule has 18 heavy (non-hydrogen) atoms. The molecule has 0 amide bonds. The molecule has 0 aliphatic carbocycles. The third-order valence-electron chi connectivity index (χ3n) is 2.24. The predicted molar refractivity (Wildman–Crippen MR) is 65.8 cm³/mol. The molecule has 0 saturated heterocycles. The molecule has 0 radical (unpaired) electrons. The van der Waals surface area contributed by atoms with Crippen LogP contribution in [0.4, 0.5) is 5.82 Å². The summed E-state index contributed by atoms with van der Waals surface area (Å²) in [6.45, 7) is 0.888. The second-order valence-corrected chi connectivity index (χ2v) is 3.97. The molecular weight excluding hydrogens is 258 g/mol. The van der Waals surface area contributed by atoms with Crippen LogP contribution in [0.1, 0.15) is 0 Å². The van der Waals surface area contributed by atoms with E-state index in [-0.39, 0.29) is 5.82 Å². The predicted octanol–water partition coefficient (Wildman–Crippen LogP) is 2.52. The lowest BCUT2D eigenvalue weighted by Gasteiger charge is -2.05. The summed E-state index contributed by atoms with van der Waals surface area (Å²) < 4.78 is 7.06. The Morgan fingerprint density at radius 1 is 1.39 bits per heavy atom. The Morgan fingerprint density at radius 2 is 2.11 bits per heavy atom. The number of halogens is 1. The fourth-order valence-electron chi connectivity index (χ4n) is 1.36. The first-order chi connectivity index (χ1) is 8.65. The molecule has 0 aliphatic rings. The molecule has 0 spiro atoms. The van der Waals surface area contributed by atoms with Crippen molar-refractivity contribution in [3.05, 3.63) is 51.9 Å². The minimum absolute atomic E-state index is 0.165. The average molecular weight is 268 g/mol. The number of aromatic nitrogens is 2. The van der Waals surface area contributed by atoms with Crippen LogP contribution in [-0.2, 0) is 6.54 Å². The van der Waals surface area contributed by atoms with Crippen LogP contribution in [0, 0.1) is 10.1 Å². The normalized spacial score (nSPS) is 10.3. The van der Waals surface area contributed by atoms with E-state index < -0.39 is 4.92 Å². The molecule has 0 aliphatic heterocycles. The lowest BCUT2D eigenvalue weighted by atomic mass is 10.3. The van der Waals surface area contributed by atoms with Gasteiger partial charge in [0.1, 0.15) is 18.6 Å². The van der Waals surface area contributed by atoms with E-state index in [1.165, 1.54) is 12.5 Å². The van der Waals surface area contributed by atoms with Crippen LogP contribution in [0.5, 0.6) is 5.75 Å². The van der Waals surface area contributed by atoms with Gasteiger partial charge in [0, 0.05) is 5.02 Å². The Hall–Kier alpha value is -2.08. The molecule has 1 aromatic carbocycles. The molecule has 2 rings (SSSR count). The van der Waals surface area contributed by atoms with Crippen LogP contribution in [0.2, 0.25) is 5.02 Å². The molecular formula is C11H10ClN3O3. The molecule has 0 saturated carbocycles. The Balaban J connectivity index is 1.84. The van der Waals surface area contributed by atoms with Gasteiger partial charge in [-0.2, -0.15) is 0 Å². The summed E-state index contributed by atoms with van der Waals surface area (Å²) in [5.41, 5.74) is 0. The number of nitrogens with zero attached hydrogens (tertiary/aromatic N) is 3. The summed E-state index contributed by atoms with van der Waals surface area (Å²) >= 11 is 5.74. The summed E-state index contributed by atoms with van der Waals surface area (Å²) in [4.78, 5) is 13.5. The van der Waals surface area contributed by atoms with Crippen LogP contribution in [0.3, 0.4) is 0 Å². The smallest absolute Gasteiger partial charge is 0.381 e. The highest BCUT2D eigenvalue weighted by Crippen LogP contribution is 2.15. The van der Waals surface area contributed by atoms with Crippen molar-refractivity contribution in [3.63, 3.8) is 0 Å². The van der Waals surface area contributed by atoms with E-state index in [0.717, 1.165) is 0 Å². The SMILES string of the molecule is O=[N+]([O-])c1cn(CCOc2ccc(Cl)cc2)cn1. The van der Waals surface area contributed by atoms with E-state index in [1.807, 2.05) is 0 Å². The maximum atomic E-state index is 10.4. The molecule has 0 fully saturated rings. The van der Waals surface area contributed by atoms with Gasteiger partial charge in [-0.25, -0.2) is 0 Å². The van der Waals surface area contributed by atoms with Crippen LogP contribution in [0.25, 0.3) is 0 Å². The largest absolute Gasteiger partial charge is 0.492 e. The first-order valence-corrected chi connectivity index (χ1v) is 5.57. The van der Waals surface area contributed by atoms with Gasteiger partial charge in [-0.1, -0.05) is 11.6 Å². The fraction of sp³-hybridized carbons (Fsp3) is 0.182. The van der Waals surface area contributed by atoms with Gasteiger partial charge in [0.05, 0.1) is 6.54 Å². The number of hydrogen-bond acceptors (Lipinski definition) is 4. The highest BCUT2D eigenvalue weighted by Gasteiger charge is 2.09. The second kappa shape index (κ2) is 5.50. The van der Waals surface area contributed by atoms with Crippen molar-refractivity contribution in [2.75, 3.05) is 6.61 Å². The van der Waals surface area contributed by atoms with Gasteiger partial charge >= 0.3 is 5.82 Å². The molecule has 2 aromatic rings. The Kier molecular flexibility index (Phi) is 3.78. The maximum absolute atomic E-state index is 10.4. The van der Waals surface area contributed by atoms with Crippen LogP contribution in [-0.4, -0.2) is 21.1 Å². The number of ether oxygens (including phenoxy) is 1. The number of benzene rings is 1. The lowest BCUT2D eigenvalue weighted by Crippen LogP contribution is -2.06. The molecule has 0 atom stereocenters. The Bertz CT molecular complexity index is 539. The highest BCUT2D eigenvalue weighted by atomic mass is 35.5. The second-order valence-electron chi connectivity index (χ2n) is 3.53. The molecule has 7 heteroatoms. The summed E-state index contributed by atoms with van der Waals surface area (Å²) in [7, 11) is 0. The minimum Gasteiger partial charge on any atom is -0.492 e. The van der Waals surface area contributed by atoms with Crippen molar-refractivity contribution < 1.29 is 9.66 Å². The summed E-state index contributed by atoms with van der Waals surface area (Å²) in [6, 6.07) is 7.00. The molecule has 0 N–H and O–H groups in total. The first-order valence-electron chi connectivity index (χ1n) is 5.20. The molecule has 0 unspecified atom stereocenters. The molecule has 6 nitrogen and oxygen atoms in total. The Labute approximate surface area is 108 Å². The van der Waals surface area contributed by atoms with Crippen molar-refractivity contribution in [2.45, 2.75) is 6.54 Å². The Morgan fingerprint density at radius 3 is 2.72 bits per heavy atom. The first kappa shape index (κ1) is 12.4. The quantitative estimate of drug-likeness (QED) is 0.616. The lowest BCUT2D eigenvalue weighted by molar-refractivity contribution is -0.389. The van der Waals surface area contributed by atoms with Gasteiger partial charge in [0.2, 0.25) is 6.33 Å². The van der Waals surface area contributed by atoms with Gasteiger partial charge in [0.25, 0.3) is 0 Å². The summed E-state index contributed by atoms with van der Waals surface area (Å²) in [6.07, 6.45) is 2.77. The fourth-order valence-corrected chi connectivity index (χ4v) is 1.49. The minimum atomic E-state index is -0.531. The number of nitro groups is 1. The van der Waals surface area contributed by atoms with Gasteiger partial charge in [0.15, 0.2) is 0 Å². The van der Waals surface area contributed by atoms with Crippen molar-refractivity contribution in [1.82, 2.24) is 9.55 Å². The zero-order chi connectivity index (χ0) is 13.0. The van der Waals surface area contributed by atoms with E-state index in [0.29, 0.717) is 23.9 Å². The summed E-state index contributed by atoms with van der Waals surface area (Å²) in [5, 5.41) is 11.1. The molecule has 94 valence electrons. The summed E-state index contributed by atoms with van der Waals surface area (Å²) in [5.74, 6) is 0.538. The van der Waals surface area contributed by atoms with Gasteiger partial charge in [-0.15, -0.1) is 0 Å². The van der Waals surface area contributed by atoms with E-state index in [2.05, 4.69) is 4.98 Å². The third kappa shape index (κ3) is 3.21. The molecule has 1 aromatic heterocycles. The zero-order valence-corrected chi connectivity index (χ0v) is 10.1. The third-order valence-corrected chi connectivity index (χ3v) is 2.49. The van der Waals surface area contributed by atoms with E-state index in [1.54, 1.807) is 28.8 Å². The van der Waals surface area contributed by atoms with Crippen molar-refractivity contribution >= 4 is 17.4 Å². The van der Waals surface area contributed by atoms with Gasteiger partial charge in [-0.05, 0) is 34.2 Å². The topological polar surface area (TPSA) is 70.2 Å². The number of hydrogen-bond donors (Lipinski definition) is 0. The van der Waals surface area contributed by atoms with Crippen molar-refractivity contribution in [2.24, 2.45) is 0 Å². The van der Waals surface area contributed by atoms with Crippen LogP contribution in [0.15, 0.2) is 36.8 Å². The molecule has 0 bridgehead atoms. The van der Waals surface area contributed by atoms with Crippen molar-refractivity contribution in [1.29, 1.82) is 0 Å². The van der Waals surface area contributed by atoms with Gasteiger partial charge in [-0.3, -0.25) is 0 Å². The molecule has 1 heterocycles. The van der Waals surface area contributed by atoms with Crippen LogP contribution < -0.4 is 4.74 Å². The highest BCUT2D eigenvalue weighted by molar-refractivity contribution is 6.30. The number of imidazole rings is 1. The van der Waals surface area contributed by atoms with Crippen molar-refractivity contribution in [3.8, 4) is 5.75 Å². The average Bonchev–Trinajstić information content (AvgIpc) is 2.81. The maximum Gasteiger partial charge on any atom is 0.381 e. The monoisotopic (exact) mass is 267 g/mol. The van der Waals surface area contributed by atoms with E-state index in [4.69, 9.17) is 16.3 Å².